The van der Waals surface area contributed by atoms with E-state index >= 15 is 0 Å². The summed E-state index contributed by atoms with van der Waals surface area (Å²) in [5.74, 6) is 0.0646. The molecule has 1 heterocycles. The third-order valence-electron chi connectivity index (χ3n) is 4.89. The topological polar surface area (TPSA) is 49.9 Å². The summed E-state index contributed by atoms with van der Waals surface area (Å²) >= 11 is 0. The summed E-state index contributed by atoms with van der Waals surface area (Å²) in [6.07, 6.45) is 1.54. The fraction of sp³-hybridized carbons (Fsp3) is 0.364. The number of hydrogen-bond donors (Lipinski definition) is 0. The van der Waals surface area contributed by atoms with E-state index in [9.17, 15) is 9.59 Å². The second-order valence-corrected chi connectivity index (χ2v) is 6.91. The van der Waals surface area contributed by atoms with Crippen molar-refractivity contribution in [1.29, 1.82) is 0 Å². The molecule has 5 nitrogen and oxygen atoms in total. The van der Waals surface area contributed by atoms with Gasteiger partial charge in [0, 0.05) is 32.6 Å². The second kappa shape index (κ2) is 9.21. The van der Waals surface area contributed by atoms with Gasteiger partial charge in [-0.05, 0) is 24.0 Å². The Hall–Kier alpha value is -2.82. The molecule has 1 saturated heterocycles. The van der Waals surface area contributed by atoms with Crippen LogP contribution in [0.2, 0.25) is 0 Å². The SMILES string of the molecule is CC(=O)N1CCC[C@H]1CN(Cc1ccccc1)C(=O)OCc1ccccc1. The minimum Gasteiger partial charge on any atom is -0.445 e. The van der Waals surface area contributed by atoms with Crippen LogP contribution in [0.15, 0.2) is 60.7 Å². The molecular weight excluding hydrogens is 340 g/mol. The van der Waals surface area contributed by atoms with Crippen LogP contribution in [0.1, 0.15) is 30.9 Å². The Labute approximate surface area is 160 Å². The maximum Gasteiger partial charge on any atom is 0.410 e. The van der Waals surface area contributed by atoms with Crippen molar-refractivity contribution in [1.82, 2.24) is 9.80 Å². The maximum absolute atomic E-state index is 12.8. The van der Waals surface area contributed by atoms with Gasteiger partial charge < -0.3 is 14.5 Å². The Morgan fingerprint density at radius 3 is 2.30 bits per heavy atom. The minimum atomic E-state index is -0.349. The number of rotatable bonds is 6. The van der Waals surface area contributed by atoms with E-state index in [4.69, 9.17) is 4.74 Å². The van der Waals surface area contributed by atoms with E-state index in [1.54, 1.807) is 11.8 Å². The highest BCUT2D eigenvalue weighted by Crippen LogP contribution is 2.20. The summed E-state index contributed by atoms with van der Waals surface area (Å²) in [5.41, 5.74) is 2.00. The number of hydrogen-bond acceptors (Lipinski definition) is 3. The number of ether oxygens (including phenoxy) is 1. The number of carbonyl (C=O) groups is 2. The van der Waals surface area contributed by atoms with Crippen LogP contribution in [0.25, 0.3) is 0 Å². The lowest BCUT2D eigenvalue weighted by Crippen LogP contribution is -2.44. The standard InChI is InChI=1S/C22H26N2O3/c1-18(25)24-14-8-13-21(24)16-23(15-19-9-4-2-5-10-19)22(26)27-17-20-11-6-3-7-12-20/h2-7,9-12,21H,8,13-17H2,1H3/t21-/m0/s1. The highest BCUT2D eigenvalue weighted by atomic mass is 16.6. The fourth-order valence-corrected chi connectivity index (χ4v) is 3.51. The van der Waals surface area contributed by atoms with Crippen LogP contribution in [0.3, 0.4) is 0 Å². The van der Waals surface area contributed by atoms with E-state index in [1.165, 1.54) is 0 Å². The molecule has 5 heteroatoms. The van der Waals surface area contributed by atoms with E-state index in [1.807, 2.05) is 65.6 Å². The maximum atomic E-state index is 12.8. The molecular formula is C22H26N2O3. The van der Waals surface area contributed by atoms with Crippen molar-refractivity contribution in [3.63, 3.8) is 0 Å². The van der Waals surface area contributed by atoms with E-state index in [2.05, 4.69) is 0 Å². The number of likely N-dealkylation sites (tertiary alicyclic amines) is 1. The van der Waals surface area contributed by atoms with Gasteiger partial charge in [-0.15, -0.1) is 0 Å². The number of amides is 2. The van der Waals surface area contributed by atoms with E-state index in [0.29, 0.717) is 13.1 Å². The molecule has 142 valence electrons. The lowest BCUT2D eigenvalue weighted by Gasteiger charge is -2.30. The third-order valence-corrected chi connectivity index (χ3v) is 4.89. The van der Waals surface area contributed by atoms with Gasteiger partial charge in [-0.1, -0.05) is 60.7 Å². The summed E-state index contributed by atoms with van der Waals surface area (Å²) in [5, 5.41) is 0. The van der Waals surface area contributed by atoms with Crippen LogP contribution in [0.4, 0.5) is 4.79 Å². The van der Waals surface area contributed by atoms with Crippen molar-refractivity contribution >= 4 is 12.0 Å². The normalized spacial score (nSPS) is 16.2. The van der Waals surface area contributed by atoms with Gasteiger partial charge in [-0.3, -0.25) is 4.79 Å². The zero-order chi connectivity index (χ0) is 19.1. The van der Waals surface area contributed by atoms with Gasteiger partial charge >= 0.3 is 6.09 Å². The summed E-state index contributed by atoms with van der Waals surface area (Å²) in [6, 6.07) is 19.6. The monoisotopic (exact) mass is 366 g/mol. The summed E-state index contributed by atoms with van der Waals surface area (Å²) < 4.78 is 5.55. The molecule has 0 aliphatic carbocycles. The Morgan fingerprint density at radius 2 is 1.67 bits per heavy atom. The van der Waals surface area contributed by atoms with E-state index in [-0.39, 0.29) is 24.6 Å². The molecule has 1 fully saturated rings. The molecule has 0 radical (unpaired) electrons. The van der Waals surface area contributed by atoms with Gasteiger partial charge in [-0.25, -0.2) is 4.79 Å². The van der Waals surface area contributed by atoms with Gasteiger partial charge in [0.15, 0.2) is 0 Å². The molecule has 0 saturated carbocycles. The van der Waals surface area contributed by atoms with Crippen LogP contribution >= 0.6 is 0 Å². The highest BCUT2D eigenvalue weighted by Gasteiger charge is 2.30. The van der Waals surface area contributed by atoms with Crippen LogP contribution in [-0.4, -0.2) is 40.9 Å². The Morgan fingerprint density at radius 1 is 1.04 bits per heavy atom. The van der Waals surface area contributed by atoms with Crippen molar-refractivity contribution < 1.29 is 14.3 Å². The summed E-state index contributed by atoms with van der Waals surface area (Å²) in [4.78, 5) is 28.2. The molecule has 2 aromatic rings. The molecule has 0 spiro atoms. The first kappa shape index (κ1) is 19.0. The van der Waals surface area contributed by atoms with Crippen molar-refractivity contribution in [2.45, 2.75) is 39.0 Å². The minimum absolute atomic E-state index is 0.0514. The van der Waals surface area contributed by atoms with Gasteiger partial charge in [0.05, 0.1) is 0 Å². The largest absolute Gasteiger partial charge is 0.445 e. The first-order chi connectivity index (χ1) is 13.1. The molecule has 0 aromatic heterocycles. The lowest BCUT2D eigenvalue weighted by atomic mass is 10.1. The number of nitrogens with zero attached hydrogens (tertiary/aromatic N) is 2. The summed E-state index contributed by atoms with van der Waals surface area (Å²) in [6.45, 7) is 3.55. The van der Waals surface area contributed by atoms with Crippen LogP contribution < -0.4 is 0 Å². The predicted molar refractivity (Wildman–Crippen MR) is 104 cm³/mol. The second-order valence-electron chi connectivity index (χ2n) is 6.91. The van der Waals surface area contributed by atoms with Crippen LogP contribution in [-0.2, 0) is 22.7 Å². The van der Waals surface area contributed by atoms with Crippen molar-refractivity contribution in [2.24, 2.45) is 0 Å². The van der Waals surface area contributed by atoms with Crippen LogP contribution in [0.5, 0.6) is 0 Å². The molecule has 0 bridgehead atoms. The van der Waals surface area contributed by atoms with Gasteiger partial charge in [-0.2, -0.15) is 0 Å². The molecule has 3 rings (SSSR count). The van der Waals surface area contributed by atoms with Crippen molar-refractivity contribution in [3.05, 3.63) is 71.8 Å². The zero-order valence-corrected chi connectivity index (χ0v) is 15.7. The smallest absolute Gasteiger partial charge is 0.410 e. The van der Waals surface area contributed by atoms with E-state index in [0.717, 1.165) is 30.5 Å². The predicted octanol–water partition coefficient (Wildman–Crippen LogP) is 3.84. The molecule has 1 atom stereocenters. The molecule has 0 N–H and O–H groups in total. The fourth-order valence-electron chi connectivity index (χ4n) is 3.51. The quantitative estimate of drug-likeness (QED) is 0.781. The molecule has 1 aliphatic heterocycles. The molecule has 2 aromatic carbocycles. The average molecular weight is 366 g/mol. The molecule has 2 amide bonds. The molecule has 1 aliphatic rings. The first-order valence-corrected chi connectivity index (χ1v) is 9.40. The van der Waals surface area contributed by atoms with Crippen molar-refractivity contribution in [3.8, 4) is 0 Å². The number of benzene rings is 2. The number of carbonyl (C=O) groups excluding carboxylic acids is 2. The highest BCUT2D eigenvalue weighted by molar-refractivity contribution is 5.74. The van der Waals surface area contributed by atoms with Crippen molar-refractivity contribution in [2.75, 3.05) is 13.1 Å². The average Bonchev–Trinajstić information content (AvgIpc) is 3.16. The van der Waals surface area contributed by atoms with Gasteiger partial charge in [0.2, 0.25) is 5.91 Å². The Kier molecular flexibility index (Phi) is 6.47. The first-order valence-electron chi connectivity index (χ1n) is 9.40. The van der Waals surface area contributed by atoms with E-state index < -0.39 is 0 Å². The van der Waals surface area contributed by atoms with Gasteiger partial charge in [0.1, 0.15) is 6.61 Å². The Balaban J connectivity index is 1.68. The molecule has 27 heavy (non-hydrogen) atoms. The summed E-state index contributed by atoms with van der Waals surface area (Å²) in [7, 11) is 0. The Bertz CT molecular complexity index is 749. The lowest BCUT2D eigenvalue weighted by molar-refractivity contribution is -0.129. The molecule has 0 unspecified atom stereocenters. The van der Waals surface area contributed by atoms with Gasteiger partial charge in [0.25, 0.3) is 0 Å². The van der Waals surface area contributed by atoms with Crippen LogP contribution in [0, 0.1) is 0 Å². The third kappa shape index (κ3) is 5.33. The zero-order valence-electron chi connectivity index (χ0n) is 15.7.